The van der Waals surface area contributed by atoms with Gasteiger partial charge in [0, 0.05) is 22.2 Å². The fraction of sp³-hybridized carbons (Fsp3) is 0.469. The van der Waals surface area contributed by atoms with Crippen LogP contribution in [0.1, 0.15) is 32.1 Å². The average molecular weight is 586 g/mol. The van der Waals surface area contributed by atoms with Crippen molar-refractivity contribution in [2.45, 2.75) is 61.5 Å². The van der Waals surface area contributed by atoms with Crippen LogP contribution >= 0.6 is 11.6 Å². The first-order valence-electron chi connectivity index (χ1n) is 15.2. The number of quaternary nitrogens is 1. The minimum atomic E-state index is -0.542. The molecule has 8 heterocycles. The van der Waals surface area contributed by atoms with Gasteiger partial charge in [-0.1, -0.05) is 41.9 Å². The van der Waals surface area contributed by atoms with E-state index in [1.54, 1.807) is 6.20 Å². The van der Waals surface area contributed by atoms with Crippen LogP contribution in [0.4, 0.5) is 10.2 Å². The molecule has 6 fully saturated rings. The van der Waals surface area contributed by atoms with Crippen LogP contribution in [0.25, 0.3) is 32.9 Å². The number of aliphatic hydroxyl groups is 1. The topological polar surface area (TPSA) is 74.6 Å². The summed E-state index contributed by atoms with van der Waals surface area (Å²) in [4.78, 5) is 19.0. The molecule has 6 aliphatic rings. The average Bonchev–Trinajstić information content (AvgIpc) is 3.40. The standard InChI is InChI=1S/C32H31ClFN6O2/c33-22-8-2-6-18-5-1-7-20(25(18)22)27-26(34)28-21(14-35-27)29(38-15-19-13-23-32(41)24(16-38)40(19,23)32)37-30(36-28)42-17-31-9-3-11-39(31)12-4-10-31/h1-2,5-8,14,19,23-24,41H,3-4,9-13,15-17H2/q+1/t19?,23?,24?,32-,40?/m0/s1. The number of hydrogen-bond donors (Lipinski definition) is 1. The predicted molar refractivity (Wildman–Crippen MR) is 157 cm³/mol. The fourth-order valence-corrected chi connectivity index (χ4v) is 10.0. The summed E-state index contributed by atoms with van der Waals surface area (Å²) in [6.45, 7) is 4.18. The number of piperazine rings is 1. The molecule has 8 nitrogen and oxygen atoms in total. The number of aromatic nitrogens is 3. The molecule has 0 amide bonds. The Bertz CT molecular complexity index is 1830. The van der Waals surface area contributed by atoms with Crippen molar-refractivity contribution in [2.75, 3.05) is 37.7 Å². The normalized spacial score (nSPS) is 33.3. The summed E-state index contributed by atoms with van der Waals surface area (Å²) in [5, 5.41) is 13.9. The van der Waals surface area contributed by atoms with E-state index in [9.17, 15) is 5.11 Å². The van der Waals surface area contributed by atoms with Crippen molar-refractivity contribution in [1.82, 2.24) is 19.9 Å². The first-order valence-corrected chi connectivity index (χ1v) is 15.6. The molecule has 6 saturated heterocycles. The number of fused-ring (bicyclic) bond motifs is 5. The van der Waals surface area contributed by atoms with Crippen LogP contribution < -0.4 is 9.64 Å². The highest BCUT2D eigenvalue weighted by atomic mass is 35.5. The van der Waals surface area contributed by atoms with Gasteiger partial charge in [-0.3, -0.25) is 14.4 Å². The molecule has 1 N–H and O–H groups in total. The molecular weight excluding hydrogens is 555 g/mol. The Labute approximate surface area is 247 Å². The smallest absolute Gasteiger partial charge is 0.319 e. The van der Waals surface area contributed by atoms with Crippen LogP contribution in [0.15, 0.2) is 42.6 Å². The Morgan fingerprint density at radius 2 is 1.88 bits per heavy atom. The number of nitrogens with zero attached hydrogens (tertiary/aromatic N) is 6. The number of ether oxygens (including phenoxy) is 1. The maximum atomic E-state index is 16.7. The Hall–Kier alpha value is -3.11. The summed E-state index contributed by atoms with van der Waals surface area (Å²) in [6.07, 6.45) is 7.28. The molecule has 4 unspecified atom stereocenters. The number of pyridine rings is 1. The van der Waals surface area contributed by atoms with Gasteiger partial charge in [0.2, 0.25) is 0 Å². The number of anilines is 1. The molecule has 10 heteroatoms. The van der Waals surface area contributed by atoms with Gasteiger partial charge in [0.25, 0.3) is 0 Å². The molecule has 0 aliphatic carbocycles. The maximum Gasteiger partial charge on any atom is 0.319 e. The van der Waals surface area contributed by atoms with Crippen molar-refractivity contribution in [2.24, 2.45) is 0 Å². The zero-order chi connectivity index (χ0) is 28.0. The van der Waals surface area contributed by atoms with Gasteiger partial charge >= 0.3 is 11.7 Å². The fourth-order valence-electron chi connectivity index (χ4n) is 9.73. The van der Waals surface area contributed by atoms with Gasteiger partial charge < -0.3 is 14.7 Å². The van der Waals surface area contributed by atoms with Gasteiger partial charge in [-0.15, -0.1) is 0 Å². The molecular formula is C32H31ClFN6O2+. The Morgan fingerprint density at radius 1 is 1.07 bits per heavy atom. The lowest BCUT2D eigenvalue weighted by Gasteiger charge is -2.42. The molecule has 214 valence electrons. The lowest BCUT2D eigenvalue weighted by atomic mass is 9.89. The van der Waals surface area contributed by atoms with Gasteiger partial charge in [-0.05, 0) is 50.2 Å². The molecule has 42 heavy (non-hydrogen) atoms. The molecule has 5 atom stereocenters. The van der Waals surface area contributed by atoms with E-state index < -0.39 is 11.5 Å². The highest BCUT2D eigenvalue weighted by Crippen LogP contribution is 2.82. The van der Waals surface area contributed by atoms with E-state index in [0.717, 1.165) is 54.2 Å². The third-order valence-corrected chi connectivity index (χ3v) is 12.1. The van der Waals surface area contributed by atoms with Crippen LogP contribution in [0.2, 0.25) is 5.02 Å². The number of piperidine rings is 1. The third kappa shape index (κ3) is 2.77. The van der Waals surface area contributed by atoms with Crippen molar-refractivity contribution in [3.63, 3.8) is 0 Å². The monoisotopic (exact) mass is 585 g/mol. The number of benzene rings is 2. The summed E-state index contributed by atoms with van der Waals surface area (Å²) < 4.78 is 24.0. The van der Waals surface area contributed by atoms with Crippen LogP contribution in [0.5, 0.6) is 6.01 Å². The van der Waals surface area contributed by atoms with Gasteiger partial charge in [0.15, 0.2) is 17.9 Å². The number of hydrogen-bond acceptors (Lipinski definition) is 7. The summed E-state index contributed by atoms with van der Waals surface area (Å²) in [7, 11) is 0. The first kappa shape index (κ1) is 24.3. The van der Waals surface area contributed by atoms with E-state index >= 15 is 4.39 Å². The summed E-state index contributed by atoms with van der Waals surface area (Å²) >= 11 is 6.61. The van der Waals surface area contributed by atoms with Gasteiger partial charge in [0.05, 0.1) is 30.4 Å². The molecule has 6 aliphatic heterocycles. The van der Waals surface area contributed by atoms with Crippen LogP contribution in [0, 0.1) is 5.82 Å². The molecule has 0 bridgehead atoms. The highest BCUT2D eigenvalue weighted by molar-refractivity contribution is 6.36. The van der Waals surface area contributed by atoms with Crippen molar-refractivity contribution < 1.29 is 18.7 Å². The van der Waals surface area contributed by atoms with Gasteiger partial charge in [-0.25, -0.2) is 4.39 Å². The minimum absolute atomic E-state index is 0.0224. The molecule has 10 rings (SSSR count). The van der Waals surface area contributed by atoms with E-state index in [4.69, 9.17) is 26.3 Å². The van der Waals surface area contributed by atoms with E-state index in [0.29, 0.717) is 47.0 Å². The third-order valence-electron chi connectivity index (χ3n) is 11.8. The summed E-state index contributed by atoms with van der Waals surface area (Å²) in [5.74, 6) is 0.143. The summed E-state index contributed by atoms with van der Waals surface area (Å²) in [5.41, 5.74) is 0.525. The second-order valence-electron chi connectivity index (χ2n) is 13.3. The summed E-state index contributed by atoms with van der Waals surface area (Å²) in [6, 6.07) is 12.6. The molecule has 2 aromatic carbocycles. The molecule has 2 aromatic heterocycles. The lowest BCUT2D eigenvalue weighted by Crippen LogP contribution is -2.63. The van der Waals surface area contributed by atoms with Gasteiger partial charge in [0.1, 0.15) is 29.7 Å². The Balaban J connectivity index is 1.10. The molecule has 0 radical (unpaired) electrons. The van der Waals surface area contributed by atoms with E-state index in [1.807, 2.05) is 36.4 Å². The second kappa shape index (κ2) is 7.88. The quantitative estimate of drug-likeness (QED) is 0.273. The van der Waals surface area contributed by atoms with Crippen LogP contribution in [-0.2, 0) is 0 Å². The zero-order valence-corrected chi connectivity index (χ0v) is 23.9. The number of halogens is 2. The van der Waals surface area contributed by atoms with Crippen molar-refractivity contribution in [3.8, 4) is 17.3 Å². The predicted octanol–water partition coefficient (Wildman–Crippen LogP) is 4.51. The first-order chi connectivity index (χ1) is 20.5. The molecule has 4 aromatic rings. The van der Waals surface area contributed by atoms with Crippen molar-refractivity contribution in [1.29, 1.82) is 0 Å². The van der Waals surface area contributed by atoms with Crippen molar-refractivity contribution >= 4 is 39.1 Å². The second-order valence-corrected chi connectivity index (χ2v) is 13.7. The van der Waals surface area contributed by atoms with Crippen LogP contribution in [-0.4, -0.2) is 91.6 Å². The van der Waals surface area contributed by atoms with E-state index in [1.165, 1.54) is 12.8 Å². The highest BCUT2D eigenvalue weighted by Gasteiger charge is 3.11. The molecule has 1 spiro atoms. The maximum absolute atomic E-state index is 16.7. The Kier molecular flexibility index (Phi) is 4.57. The zero-order valence-electron chi connectivity index (χ0n) is 23.1. The lowest BCUT2D eigenvalue weighted by molar-refractivity contribution is -0.821. The van der Waals surface area contributed by atoms with E-state index in [-0.39, 0.29) is 28.8 Å². The SMILES string of the molecule is O[C@@]12C3CC4CN(c5nc(OCC67CCCN6CCC7)nc6c(F)c(-c7cccc8cccc(Cl)c78)ncc56)CC1[N+]432. The number of rotatable bonds is 5. The Morgan fingerprint density at radius 3 is 2.67 bits per heavy atom. The largest absolute Gasteiger partial charge is 0.461 e. The van der Waals surface area contributed by atoms with Crippen LogP contribution in [0.3, 0.4) is 0 Å². The minimum Gasteiger partial charge on any atom is -0.461 e. The van der Waals surface area contributed by atoms with E-state index in [2.05, 4.69) is 14.8 Å². The van der Waals surface area contributed by atoms with Gasteiger partial charge in [-0.2, -0.15) is 9.97 Å². The van der Waals surface area contributed by atoms with Crippen molar-refractivity contribution in [3.05, 3.63) is 53.4 Å². The molecule has 0 saturated carbocycles.